The summed E-state index contributed by atoms with van der Waals surface area (Å²) in [5.41, 5.74) is 4.38. The average molecular weight is 348 g/mol. The predicted octanol–water partition coefficient (Wildman–Crippen LogP) is 2.33. The number of aryl methyl sites for hydroxylation is 2. The molecule has 2 aromatic rings. The molecule has 0 unspecified atom stereocenters. The largest absolute Gasteiger partial charge is 0.494 e. The van der Waals surface area contributed by atoms with Crippen LogP contribution in [0.3, 0.4) is 0 Å². The van der Waals surface area contributed by atoms with E-state index in [9.17, 15) is 13.2 Å². The van der Waals surface area contributed by atoms with Gasteiger partial charge in [-0.05, 0) is 68.3 Å². The Morgan fingerprint density at radius 3 is 2.29 bits per heavy atom. The lowest BCUT2D eigenvalue weighted by Gasteiger charge is -2.10. The Kier molecular flexibility index (Phi) is 5.58. The molecular formula is C17H20N2O4S. The number of hydrazine groups is 1. The van der Waals surface area contributed by atoms with Crippen LogP contribution < -0.4 is 15.0 Å². The van der Waals surface area contributed by atoms with Crippen molar-refractivity contribution in [2.75, 3.05) is 6.61 Å². The van der Waals surface area contributed by atoms with E-state index in [0.717, 1.165) is 11.1 Å². The first-order valence-electron chi connectivity index (χ1n) is 7.46. The van der Waals surface area contributed by atoms with Gasteiger partial charge in [0.2, 0.25) is 0 Å². The van der Waals surface area contributed by atoms with Crippen molar-refractivity contribution < 1.29 is 17.9 Å². The second-order valence-corrected chi connectivity index (χ2v) is 6.95. The molecule has 128 valence electrons. The van der Waals surface area contributed by atoms with Crippen molar-refractivity contribution in [3.63, 3.8) is 0 Å². The summed E-state index contributed by atoms with van der Waals surface area (Å²) in [4.78, 5) is 14.2. The normalized spacial score (nSPS) is 11.1. The van der Waals surface area contributed by atoms with Crippen molar-refractivity contribution >= 4 is 15.9 Å². The molecule has 0 saturated carbocycles. The van der Waals surface area contributed by atoms with Gasteiger partial charge in [-0.25, -0.2) is 8.42 Å². The van der Waals surface area contributed by atoms with Crippen LogP contribution in [0.15, 0.2) is 47.4 Å². The Hall–Kier alpha value is -2.38. The van der Waals surface area contributed by atoms with E-state index < -0.39 is 15.9 Å². The molecule has 2 rings (SSSR count). The van der Waals surface area contributed by atoms with Gasteiger partial charge in [0.15, 0.2) is 0 Å². The number of benzene rings is 2. The molecule has 0 bridgehead atoms. The summed E-state index contributed by atoms with van der Waals surface area (Å²) in [6.45, 7) is 6.11. The highest BCUT2D eigenvalue weighted by molar-refractivity contribution is 7.89. The molecule has 0 heterocycles. The number of ether oxygens (including phenoxy) is 1. The van der Waals surface area contributed by atoms with Gasteiger partial charge in [0.1, 0.15) is 5.75 Å². The minimum atomic E-state index is -3.83. The molecule has 2 aromatic carbocycles. The highest BCUT2D eigenvalue weighted by Crippen LogP contribution is 2.14. The van der Waals surface area contributed by atoms with E-state index in [1.165, 1.54) is 6.07 Å². The van der Waals surface area contributed by atoms with Crippen LogP contribution in [0, 0.1) is 13.8 Å². The van der Waals surface area contributed by atoms with Crippen LogP contribution >= 0.6 is 0 Å². The highest BCUT2D eigenvalue weighted by Gasteiger charge is 2.16. The van der Waals surface area contributed by atoms with Crippen molar-refractivity contribution in [3.05, 3.63) is 59.2 Å². The Bertz CT molecular complexity index is 830. The molecule has 0 atom stereocenters. The third kappa shape index (κ3) is 4.33. The molecule has 2 N–H and O–H groups in total. The maximum atomic E-state index is 12.2. The van der Waals surface area contributed by atoms with Gasteiger partial charge in [0, 0.05) is 5.56 Å². The quantitative estimate of drug-likeness (QED) is 0.785. The second kappa shape index (κ2) is 7.46. The zero-order valence-corrected chi connectivity index (χ0v) is 14.6. The minimum absolute atomic E-state index is 0.0950. The summed E-state index contributed by atoms with van der Waals surface area (Å²) < 4.78 is 29.7. The van der Waals surface area contributed by atoms with Crippen molar-refractivity contribution in [2.45, 2.75) is 25.7 Å². The van der Waals surface area contributed by atoms with E-state index in [1.807, 2.05) is 20.8 Å². The zero-order valence-electron chi connectivity index (χ0n) is 13.8. The molecule has 0 aliphatic rings. The van der Waals surface area contributed by atoms with E-state index >= 15 is 0 Å². The van der Waals surface area contributed by atoms with E-state index in [2.05, 4.69) is 10.3 Å². The maximum absolute atomic E-state index is 12.2. The summed E-state index contributed by atoms with van der Waals surface area (Å²) in [6.07, 6.45) is 0. The summed E-state index contributed by atoms with van der Waals surface area (Å²) in [5, 5.41) is 0. The standard InChI is InChI=1S/C17H20N2O4S/c1-4-23-15-8-6-14(7-9-15)17(20)18-19-24(21,22)16-10-5-12(2)13(3)11-16/h5-11,19H,4H2,1-3H3,(H,18,20). The molecule has 0 aromatic heterocycles. The van der Waals surface area contributed by atoms with Crippen molar-refractivity contribution in [1.29, 1.82) is 0 Å². The molecular weight excluding hydrogens is 328 g/mol. The lowest BCUT2D eigenvalue weighted by atomic mass is 10.1. The van der Waals surface area contributed by atoms with E-state index in [1.54, 1.807) is 36.4 Å². The minimum Gasteiger partial charge on any atom is -0.494 e. The Morgan fingerprint density at radius 1 is 1.04 bits per heavy atom. The number of rotatable bonds is 6. The van der Waals surface area contributed by atoms with Crippen LogP contribution in [0.25, 0.3) is 0 Å². The number of nitrogens with one attached hydrogen (secondary N) is 2. The van der Waals surface area contributed by atoms with Crippen LogP contribution in [0.5, 0.6) is 5.75 Å². The first-order valence-corrected chi connectivity index (χ1v) is 8.94. The number of carbonyl (C=O) groups is 1. The Balaban J connectivity index is 2.05. The number of amides is 1. The van der Waals surface area contributed by atoms with Crippen LogP contribution in [0.1, 0.15) is 28.4 Å². The first-order chi connectivity index (χ1) is 11.3. The summed E-state index contributed by atoms with van der Waals surface area (Å²) >= 11 is 0. The predicted molar refractivity (Wildman–Crippen MR) is 91.3 cm³/mol. The molecule has 24 heavy (non-hydrogen) atoms. The fourth-order valence-corrected chi connectivity index (χ4v) is 2.92. The topological polar surface area (TPSA) is 84.5 Å². The molecule has 0 aliphatic carbocycles. The molecule has 0 aliphatic heterocycles. The van der Waals surface area contributed by atoms with Crippen molar-refractivity contribution in [2.24, 2.45) is 0 Å². The number of carbonyl (C=O) groups excluding carboxylic acids is 1. The molecule has 1 amide bonds. The van der Waals surface area contributed by atoms with Crippen LogP contribution in [0.4, 0.5) is 0 Å². The van der Waals surface area contributed by atoms with Gasteiger partial charge in [-0.3, -0.25) is 10.2 Å². The van der Waals surface area contributed by atoms with Gasteiger partial charge in [-0.1, -0.05) is 6.07 Å². The summed E-state index contributed by atoms with van der Waals surface area (Å²) in [6, 6.07) is 11.2. The highest BCUT2D eigenvalue weighted by atomic mass is 32.2. The third-order valence-corrected chi connectivity index (χ3v) is 4.76. The van der Waals surface area contributed by atoms with Gasteiger partial charge < -0.3 is 4.74 Å². The van der Waals surface area contributed by atoms with Crippen molar-refractivity contribution in [3.8, 4) is 5.75 Å². The first kappa shape index (κ1) is 18.0. The average Bonchev–Trinajstić information content (AvgIpc) is 2.56. The van der Waals surface area contributed by atoms with Crippen molar-refractivity contribution in [1.82, 2.24) is 10.3 Å². The smallest absolute Gasteiger partial charge is 0.266 e. The van der Waals surface area contributed by atoms with Gasteiger partial charge in [-0.2, -0.15) is 0 Å². The fraction of sp³-hybridized carbons (Fsp3) is 0.235. The van der Waals surface area contributed by atoms with E-state index in [0.29, 0.717) is 17.9 Å². The molecule has 7 heteroatoms. The third-order valence-electron chi connectivity index (χ3n) is 3.52. The Labute approximate surface area is 141 Å². The lowest BCUT2D eigenvalue weighted by molar-refractivity contribution is 0.0945. The summed E-state index contributed by atoms with van der Waals surface area (Å²) in [5.74, 6) is 0.0928. The maximum Gasteiger partial charge on any atom is 0.266 e. The monoisotopic (exact) mass is 348 g/mol. The molecule has 0 radical (unpaired) electrons. The molecule has 6 nitrogen and oxygen atoms in total. The van der Waals surface area contributed by atoms with Gasteiger partial charge in [0.05, 0.1) is 11.5 Å². The van der Waals surface area contributed by atoms with Crippen LogP contribution in [0.2, 0.25) is 0 Å². The second-order valence-electron chi connectivity index (χ2n) is 5.26. The van der Waals surface area contributed by atoms with E-state index in [-0.39, 0.29) is 4.90 Å². The number of hydrogen-bond acceptors (Lipinski definition) is 4. The lowest BCUT2D eigenvalue weighted by Crippen LogP contribution is -2.41. The van der Waals surface area contributed by atoms with Gasteiger partial charge in [0.25, 0.3) is 15.9 Å². The van der Waals surface area contributed by atoms with Crippen LogP contribution in [-0.2, 0) is 10.0 Å². The van der Waals surface area contributed by atoms with E-state index in [4.69, 9.17) is 4.74 Å². The number of sulfonamides is 1. The summed E-state index contributed by atoms with van der Waals surface area (Å²) in [7, 11) is -3.83. The van der Waals surface area contributed by atoms with Gasteiger partial charge in [-0.15, -0.1) is 4.83 Å². The fourth-order valence-electron chi connectivity index (χ4n) is 1.99. The van der Waals surface area contributed by atoms with Gasteiger partial charge >= 0.3 is 0 Å². The molecule has 0 saturated heterocycles. The molecule has 0 fully saturated rings. The number of hydrogen-bond donors (Lipinski definition) is 2. The van der Waals surface area contributed by atoms with Crippen LogP contribution in [-0.4, -0.2) is 20.9 Å². The Morgan fingerprint density at radius 2 is 1.71 bits per heavy atom. The molecule has 0 spiro atoms. The zero-order chi connectivity index (χ0) is 17.7. The SMILES string of the molecule is CCOc1ccc(C(=O)NNS(=O)(=O)c2ccc(C)c(C)c2)cc1.